The van der Waals surface area contributed by atoms with Crippen LogP contribution in [0.25, 0.3) is 0 Å². The van der Waals surface area contributed by atoms with Crippen molar-refractivity contribution in [3.63, 3.8) is 0 Å². The summed E-state index contributed by atoms with van der Waals surface area (Å²) in [6, 6.07) is 2.33. The van der Waals surface area contributed by atoms with Gasteiger partial charge in [0.15, 0.2) is 0 Å². The highest BCUT2D eigenvalue weighted by molar-refractivity contribution is 5.25. The summed E-state index contributed by atoms with van der Waals surface area (Å²) in [5.41, 5.74) is 3.25. The van der Waals surface area contributed by atoms with Crippen LogP contribution in [0.3, 0.4) is 0 Å². The number of rotatable bonds is 8. The Morgan fingerprint density at radius 2 is 2.00 bits per heavy atom. The second-order valence-corrected chi connectivity index (χ2v) is 5.13. The van der Waals surface area contributed by atoms with E-state index in [0.29, 0.717) is 6.61 Å². The number of aromatic nitrogens is 2. The monoisotopic (exact) mass is 265 g/mol. The van der Waals surface area contributed by atoms with Crippen molar-refractivity contribution in [3.05, 3.63) is 23.0 Å². The van der Waals surface area contributed by atoms with Gasteiger partial charge in [0.1, 0.15) is 0 Å². The molecular weight excluding hydrogens is 238 g/mol. The van der Waals surface area contributed by atoms with E-state index < -0.39 is 0 Å². The molecule has 108 valence electrons. The summed E-state index contributed by atoms with van der Waals surface area (Å²) in [6.45, 7) is 12.1. The van der Waals surface area contributed by atoms with Crippen molar-refractivity contribution in [2.24, 2.45) is 0 Å². The number of hydrogen-bond acceptors (Lipinski definition) is 4. The molecule has 0 spiro atoms. The Hall–Kier alpha value is -1.00. The molecule has 0 aliphatic carbocycles. The number of aryl methyl sites for hydroxylation is 2. The number of ether oxygens (including phenoxy) is 1. The second kappa shape index (κ2) is 8.23. The van der Waals surface area contributed by atoms with E-state index in [1.165, 1.54) is 5.56 Å². The lowest BCUT2D eigenvalue weighted by Crippen LogP contribution is -2.29. The van der Waals surface area contributed by atoms with E-state index >= 15 is 0 Å². The van der Waals surface area contributed by atoms with Crippen molar-refractivity contribution in [1.29, 1.82) is 0 Å². The first-order valence-corrected chi connectivity index (χ1v) is 7.26. The van der Waals surface area contributed by atoms with Gasteiger partial charge in [-0.2, -0.15) is 10.2 Å². The van der Waals surface area contributed by atoms with E-state index in [9.17, 15) is 0 Å². The highest BCUT2D eigenvalue weighted by atomic mass is 16.5. The minimum Gasteiger partial charge on any atom is -0.377 e. The molecule has 1 unspecified atom stereocenters. The standard InChI is InChI=1S/C15H27N3O/c1-6-8-16-15(10-19-11(3)4)13-9-12(5)17-18-14(13)7-2/h9,11,15-16H,6-8,10H2,1-5H3. The first-order chi connectivity index (χ1) is 9.08. The van der Waals surface area contributed by atoms with Crippen LogP contribution in [0.2, 0.25) is 0 Å². The Balaban J connectivity index is 2.90. The zero-order valence-electron chi connectivity index (χ0n) is 12.9. The third-order valence-electron chi connectivity index (χ3n) is 2.97. The molecule has 4 nitrogen and oxygen atoms in total. The normalized spacial score (nSPS) is 12.9. The summed E-state index contributed by atoms with van der Waals surface area (Å²) in [4.78, 5) is 0. The Kier molecular flexibility index (Phi) is 6.95. The molecule has 0 aliphatic rings. The van der Waals surface area contributed by atoms with Gasteiger partial charge in [-0.3, -0.25) is 0 Å². The molecule has 0 fully saturated rings. The van der Waals surface area contributed by atoms with Crippen LogP contribution in [0.5, 0.6) is 0 Å². The minimum atomic E-state index is 0.200. The minimum absolute atomic E-state index is 0.200. The van der Waals surface area contributed by atoms with Crippen molar-refractivity contribution < 1.29 is 4.74 Å². The maximum Gasteiger partial charge on any atom is 0.0677 e. The third kappa shape index (κ3) is 5.25. The van der Waals surface area contributed by atoms with E-state index in [1.807, 2.05) is 6.92 Å². The van der Waals surface area contributed by atoms with E-state index in [-0.39, 0.29) is 12.1 Å². The summed E-state index contributed by atoms with van der Waals surface area (Å²) in [5, 5.41) is 12.0. The molecule has 1 heterocycles. The van der Waals surface area contributed by atoms with Crippen molar-refractivity contribution in [1.82, 2.24) is 15.5 Å². The maximum atomic E-state index is 5.78. The van der Waals surface area contributed by atoms with Crippen LogP contribution in [0.4, 0.5) is 0 Å². The van der Waals surface area contributed by atoms with Crippen LogP contribution >= 0.6 is 0 Å². The van der Waals surface area contributed by atoms with Crippen LogP contribution < -0.4 is 5.32 Å². The van der Waals surface area contributed by atoms with Crippen molar-refractivity contribution in [2.45, 2.75) is 59.6 Å². The van der Waals surface area contributed by atoms with Crippen molar-refractivity contribution in [3.8, 4) is 0 Å². The molecule has 0 saturated heterocycles. The van der Waals surface area contributed by atoms with Crippen LogP contribution in [0.15, 0.2) is 6.07 Å². The predicted molar refractivity (Wildman–Crippen MR) is 78.3 cm³/mol. The molecule has 19 heavy (non-hydrogen) atoms. The Labute approximate surface area is 117 Å². The van der Waals surface area contributed by atoms with Crippen molar-refractivity contribution >= 4 is 0 Å². The van der Waals surface area contributed by atoms with E-state index in [1.54, 1.807) is 0 Å². The summed E-state index contributed by atoms with van der Waals surface area (Å²) in [7, 11) is 0. The molecule has 0 bridgehead atoms. The third-order valence-corrected chi connectivity index (χ3v) is 2.97. The molecular formula is C15H27N3O. The van der Waals surface area contributed by atoms with Gasteiger partial charge in [-0.15, -0.1) is 0 Å². The molecule has 0 radical (unpaired) electrons. The average molecular weight is 265 g/mol. The Bertz CT molecular complexity index is 380. The fraction of sp³-hybridized carbons (Fsp3) is 0.733. The molecule has 1 aromatic rings. The van der Waals surface area contributed by atoms with Crippen molar-refractivity contribution in [2.75, 3.05) is 13.2 Å². The SMILES string of the molecule is CCCNC(COC(C)C)c1cc(C)nnc1CC. The largest absolute Gasteiger partial charge is 0.377 e. The maximum absolute atomic E-state index is 5.78. The highest BCUT2D eigenvalue weighted by Crippen LogP contribution is 2.18. The predicted octanol–water partition coefficient (Wildman–Crippen LogP) is 2.81. The quantitative estimate of drug-likeness (QED) is 0.785. The highest BCUT2D eigenvalue weighted by Gasteiger charge is 2.16. The lowest BCUT2D eigenvalue weighted by atomic mass is 10.0. The van der Waals surface area contributed by atoms with Gasteiger partial charge in [0.2, 0.25) is 0 Å². The molecule has 1 rings (SSSR count). The van der Waals surface area contributed by atoms with Crippen LogP contribution in [-0.2, 0) is 11.2 Å². The van der Waals surface area contributed by atoms with Gasteiger partial charge in [0.25, 0.3) is 0 Å². The summed E-state index contributed by atoms with van der Waals surface area (Å²) >= 11 is 0. The first-order valence-electron chi connectivity index (χ1n) is 7.26. The molecule has 0 amide bonds. The molecule has 4 heteroatoms. The first kappa shape index (κ1) is 16.1. The summed E-state index contributed by atoms with van der Waals surface area (Å²) in [6.07, 6.45) is 2.25. The summed E-state index contributed by atoms with van der Waals surface area (Å²) in [5.74, 6) is 0. The molecule has 0 aromatic carbocycles. The van der Waals surface area contributed by atoms with Crippen LogP contribution in [0.1, 0.15) is 57.1 Å². The number of nitrogens with zero attached hydrogens (tertiary/aromatic N) is 2. The second-order valence-electron chi connectivity index (χ2n) is 5.13. The van der Waals surface area contributed by atoms with Gasteiger partial charge in [-0.25, -0.2) is 0 Å². The smallest absolute Gasteiger partial charge is 0.0677 e. The van der Waals surface area contributed by atoms with Gasteiger partial charge in [-0.1, -0.05) is 13.8 Å². The van der Waals surface area contributed by atoms with Gasteiger partial charge in [-0.05, 0) is 51.8 Å². The summed E-state index contributed by atoms with van der Waals surface area (Å²) < 4.78 is 5.78. The van der Waals surface area contributed by atoms with Gasteiger partial charge in [0.05, 0.1) is 30.1 Å². The van der Waals surface area contributed by atoms with Crippen LogP contribution in [0, 0.1) is 6.92 Å². The molecule has 1 atom stereocenters. The van der Waals surface area contributed by atoms with Crippen LogP contribution in [-0.4, -0.2) is 29.5 Å². The lowest BCUT2D eigenvalue weighted by Gasteiger charge is -2.22. The van der Waals surface area contributed by atoms with E-state index in [0.717, 1.165) is 30.8 Å². The molecule has 0 aliphatic heterocycles. The average Bonchev–Trinajstić information content (AvgIpc) is 2.38. The Morgan fingerprint density at radius 3 is 2.58 bits per heavy atom. The van der Waals surface area contributed by atoms with Gasteiger partial charge in [0, 0.05) is 0 Å². The molecule has 1 aromatic heterocycles. The Morgan fingerprint density at radius 1 is 1.26 bits per heavy atom. The number of nitrogens with one attached hydrogen (secondary N) is 1. The van der Waals surface area contributed by atoms with Gasteiger partial charge < -0.3 is 10.1 Å². The fourth-order valence-electron chi connectivity index (χ4n) is 1.98. The topological polar surface area (TPSA) is 47.0 Å². The van der Waals surface area contributed by atoms with Gasteiger partial charge >= 0.3 is 0 Å². The zero-order chi connectivity index (χ0) is 14.3. The van der Waals surface area contributed by atoms with E-state index in [2.05, 4.69) is 49.3 Å². The zero-order valence-corrected chi connectivity index (χ0v) is 12.9. The number of hydrogen-bond donors (Lipinski definition) is 1. The molecule has 1 N–H and O–H groups in total. The fourth-order valence-corrected chi connectivity index (χ4v) is 1.98. The van der Waals surface area contributed by atoms with E-state index in [4.69, 9.17) is 4.74 Å². The molecule has 0 saturated carbocycles. The lowest BCUT2D eigenvalue weighted by molar-refractivity contribution is 0.0608.